The van der Waals surface area contributed by atoms with Crippen molar-refractivity contribution in [1.29, 1.82) is 0 Å². The van der Waals surface area contributed by atoms with Gasteiger partial charge in [-0.1, -0.05) is 37.3 Å². The van der Waals surface area contributed by atoms with E-state index in [1.54, 1.807) is 0 Å². The number of amides is 1. The highest BCUT2D eigenvalue weighted by Gasteiger charge is 2.33. The molecule has 1 atom stereocenters. The maximum atomic E-state index is 13.8. The van der Waals surface area contributed by atoms with Gasteiger partial charge >= 0.3 is 0 Å². The Hall–Kier alpha value is -2.70. The first-order valence-electron chi connectivity index (χ1n) is 13.7. The number of H-pyrrole nitrogens is 1. The number of benzene rings is 1. The fraction of sp³-hybridized carbons (Fsp3) is 0.484. The van der Waals surface area contributed by atoms with Crippen LogP contribution in [0.25, 0.3) is 0 Å². The Labute approximate surface area is 224 Å². The van der Waals surface area contributed by atoms with Gasteiger partial charge in [-0.15, -0.1) is 11.3 Å². The largest absolute Gasteiger partial charge is 0.334 e. The Morgan fingerprint density at radius 3 is 2.46 bits per heavy atom. The van der Waals surface area contributed by atoms with E-state index in [0.717, 1.165) is 49.3 Å². The van der Waals surface area contributed by atoms with E-state index in [4.69, 9.17) is 0 Å². The van der Waals surface area contributed by atoms with Gasteiger partial charge in [0.25, 0.3) is 11.5 Å². The summed E-state index contributed by atoms with van der Waals surface area (Å²) in [5.74, 6) is 1.20. The number of hydrogen-bond donors (Lipinski definition) is 1. The topological polar surface area (TPSA) is 56.4 Å². The fourth-order valence-electron chi connectivity index (χ4n) is 6.26. The van der Waals surface area contributed by atoms with Crippen LogP contribution in [0, 0.1) is 26.7 Å². The molecule has 2 aromatic heterocycles. The van der Waals surface area contributed by atoms with Crippen LogP contribution in [-0.4, -0.2) is 40.3 Å². The van der Waals surface area contributed by atoms with Crippen molar-refractivity contribution in [2.75, 3.05) is 19.6 Å². The number of rotatable bonds is 6. The molecule has 4 heterocycles. The molecule has 0 aliphatic carbocycles. The van der Waals surface area contributed by atoms with Crippen molar-refractivity contribution in [3.05, 3.63) is 90.0 Å². The first kappa shape index (κ1) is 25.9. The molecule has 0 saturated carbocycles. The van der Waals surface area contributed by atoms with E-state index in [0.29, 0.717) is 30.5 Å². The molecule has 1 fully saturated rings. The second kappa shape index (κ2) is 11.0. The van der Waals surface area contributed by atoms with E-state index in [1.807, 2.05) is 36.2 Å². The van der Waals surface area contributed by atoms with Crippen molar-refractivity contribution >= 4 is 17.2 Å². The number of aromatic amines is 1. The summed E-state index contributed by atoms with van der Waals surface area (Å²) in [5, 5.41) is 0. The van der Waals surface area contributed by atoms with Crippen molar-refractivity contribution in [3.63, 3.8) is 0 Å². The third kappa shape index (κ3) is 5.46. The number of thiophene rings is 1. The third-order valence-corrected chi connectivity index (χ3v) is 9.99. The Morgan fingerprint density at radius 2 is 1.76 bits per heavy atom. The summed E-state index contributed by atoms with van der Waals surface area (Å²) in [4.78, 5) is 36.4. The lowest BCUT2D eigenvalue weighted by Gasteiger charge is -2.35. The molecule has 37 heavy (non-hydrogen) atoms. The normalized spacial score (nSPS) is 18.1. The minimum absolute atomic E-state index is 0.0790. The summed E-state index contributed by atoms with van der Waals surface area (Å²) in [5.41, 5.74) is 5.90. The van der Waals surface area contributed by atoms with E-state index >= 15 is 0 Å². The van der Waals surface area contributed by atoms with Gasteiger partial charge in [-0.2, -0.15) is 0 Å². The zero-order valence-corrected chi connectivity index (χ0v) is 23.4. The van der Waals surface area contributed by atoms with Crippen LogP contribution >= 0.6 is 11.3 Å². The quantitative estimate of drug-likeness (QED) is 0.439. The lowest BCUT2D eigenvalue weighted by atomic mass is 9.83. The maximum absolute atomic E-state index is 13.8. The van der Waals surface area contributed by atoms with Gasteiger partial charge < -0.3 is 9.88 Å². The molecule has 1 unspecified atom stereocenters. The first-order valence-corrected chi connectivity index (χ1v) is 14.5. The number of aromatic nitrogens is 1. The molecule has 1 saturated heterocycles. The number of carbonyl (C=O) groups excluding carboxylic acids is 1. The van der Waals surface area contributed by atoms with Crippen LogP contribution in [0.5, 0.6) is 0 Å². The minimum Gasteiger partial charge on any atom is -0.334 e. The number of carbonyl (C=O) groups is 1. The summed E-state index contributed by atoms with van der Waals surface area (Å²) in [6.07, 6.45) is 4.28. The molecule has 1 N–H and O–H groups in total. The van der Waals surface area contributed by atoms with E-state index in [1.165, 1.54) is 33.7 Å². The molecule has 5 nitrogen and oxygen atoms in total. The Morgan fingerprint density at radius 1 is 1.03 bits per heavy atom. The molecule has 2 aliphatic heterocycles. The molecule has 1 aromatic carbocycles. The second-order valence-electron chi connectivity index (χ2n) is 11.1. The van der Waals surface area contributed by atoms with Crippen LogP contribution in [0.1, 0.15) is 80.2 Å². The van der Waals surface area contributed by atoms with Gasteiger partial charge in [0.2, 0.25) is 0 Å². The van der Waals surface area contributed by atoms with Gasteiger partial charge in [-0.25, -0.2) is 0 Å². The summed E-state index contributed by atoms with van der Waals surface area (Å²) >= 11 is 1.87. The van der Waals surface area contributed by atoms with Crippen LogP contribution in [0.15, 0.2) is 41.2 Å². The van der Waals surface area contributed by atoms with Crippen LogP contribution in [-0.2, 0) is 19.5 Å². The predicted octanol–water partition coefficient (Wildman–Crippen LogP) is 5.97. The summed E-state index contributed by atoms with van der Waals surface area (Å²) in [6.45, 7) is 12.7. The lowest BCUT2D eigenvalue weighted by molar-refractivity contribution is 0.0747. The molecule has 6 heteroatoms. The molecule has 1 amide bonds. The molecule has 0 bridgehead atoms. The lowest BCUT2D eigenvalue weighted by Crippen LogP contribution is -2.35. The highest BCUT2D eigenvalue weighted by Crippen LogP contribution is 2.42. The van der Waals surface area contributed by atoms with Crippen LogP contribution < -0.4 is 5.56 Å². The van der Waals surface area contributed by atoms with Crippen molar-refractivity contribution in [1.82, 2.24) is 14.8 Å². The summed E-state index contributed by atoms with van der Waals surface area (Å²) in [6, 6.07) is 12.7. The number of likely N-dealkylation sites (tertiary alicyclic amines) is 1. The number of hydrogen-bond acceptors (Lipinski definition) is 4. The van der Waals surface area contributed by atoms with Gasteiger partial charge in [0, 0.05) is 34.1 Å². The number of pyridine rings is 1. The number of nitrogens with one attached hydrogen (secondary N) is 1. The molecule has 0 spiro atoms. The fourth-order valence-corrected chi connectivity index (χ4v) is 7.75. The molecule has 2 aliphatic rings. The Kier molecular flexibility index (Phi) is 7.68. The summed E-state index contributed by atoms with van der Waals surface area (Å²) < 4.78 is 0. The molecular weight excluding hydrogens is 478 g/mol. The minimum atomic E-state index is -0.0790. The van der Waals surface area contributed by atoms with Gasteiger partial charge in [-0.05, 0) is 94.1 Å². The van der Waals surface area contributed by atoms with E-state index in [-0.39, 0.29) is 11.5 Å². The van der Waals surface area contributed by atoms with Crippen LogP contribution in [0.2, 0.25) is 0 Å². The van der Waals surface area contributed by atoms with Crippen molar-refractivity contribution in [2.24, 2.45) is 5.92 Å². The SMILES string of the molecule is Cc1cc(C)c(CN2CCCc3sc(C(C)C4CCN(Cc5ccccc5)CC4)c(C)c3C2=O)c(=O)[nH]1. The average Bonchev–Trinajstić information content (AvgIpc) is 3.12. The number of nitrogens with zero attached hydrogens (tertiary/aromatic N) is 2. The van der Waals surface area contributed by atoms with Gasteiger partial charge in [0.05, 0.1) is 12.1 Å². The highest BCUT2D eigenvalue weighted by atomic mass is 32.1. The van der Waals surface area contributed by atoms with Crippen LogP contribution in [0.3, 0.4) is 0 Å². The van der Waals surface area contributed by atoms with E-state index < -0.39 is 0 Å². The van der Waals surface area contributed by atoms with Gasteiger partial charge in [0.15, 0.2) is 0 Å². The molecule has 5 rings (SSSR count). The monoisotopic (exact) mass is 517 g/mol. The molecule has 3 aromatic rings. The average molecular weight is 518 g/mol. The van der Waals surface area contributed by atoms with Gasteiger partial charge in [-0.3, -0.25) is 14.5 Å². The predicted molar refractivity (Wildman–Crippen MR) is 152 cm³/mol. The Bertz CT molecular complexity index is 1320. The van der Waals surface area contributed by atoms with Crippen molar-refractivity contribution in [3.8, 4) is 0 Å². The number of piperidine rings is 1. The zero-order chi connectivity index (χ0) is 26.1. The highest BCUT2D eigenvalue weighted by molar-refractivity contribution is 7.12. The second-order valence-corrected chi connectivity index (χ2v) is 12.2. The first-order chi connectivity index (χ1) is 17.8. The smallest absolute Gasteiger partial charge is 0.255 e. The number of aryl methyl sites for hydroxylation is 3. The van der Waals surface area contributed by atoms with Crippen LogP contribution in [0.4, 0.5) is 0 Å². The van der Waals surface area contributed by atoms with E-state index in [9.17, 15) is 9.59 Å². The number of fused-ring (bicyclic) bond motifs is 1. The Balaban J connectivity index is 1.30. The van der Waals surface area contributed by atoms with E-state index in [2.05, 4.69) is 54.1 Å². The molecule has 0 radical (unpaired) electrons. The molecule has 196 valence electrons. The standard InChI is InChI=1S/C31H39N3O2S/c1-20-17-21(2)32-30(35)26(20)19-34-14-8-11-27-28(31(34)36)23(4)29(37-27)22(3)25-12-15-33(16-13-25)18-24-9-6-5-7-10-24/h5-7,9-10,17,22,25H,8,11-16,18-19H2,1-4H3,(H,32,35). The summed E-state index contributed by atoms with van der Waals surface area (Å²) in [7, 11) is 0. The van der Waals surface area contributed by atoms with Crippen molar-refractivity contribution in [2.45, 2.75) is 72.4 Å². The zero-order valence-electron chi connectivity index (χ0n) is 22.6. The maximum Gasteiger partial charge on any atom is 0.255 e. The molecular formula is C31H39N3O2S. The van der Waals surface area contributed by atoms with Gasteiger partial charge in [0.1, 0.15) is 0 Å². The third-order valence-electron chi connectivity index (χ3n) is 8.43. The van der Waals surface area contributed by atoms with Crippen molar-refractivity contribution < 1.29 is 4.79 Å².